The second-order valence-corrected chi connectivity index (χ2v) is 6.11. The fourth-order valence-electron chi connectivity index (χ4n) is 1.35. The molecule has 1 aromatic rings. The Labute approximate surface area is 119 Å². The molecule has 0 saturated heterocycles. The Bertz CT molecular complexity index is 367. The molecule has 102 valence electrons. The molecule has 0 bridgehead atoms. The zero-order valence-corrected chi connectivity index (χ0v) is 13.3. The van der Waals surface area contributed by atoms with Gasteiger partial charge in [-0.2, -0.15) is 0 Å². The van der Waals surface area contributed by atoms with Gasteiger partial charge in [-0.3, -0.25) is 0 Å². The van der Waals surface area contributed by atoms with Crippen LogP contribution >= 0.6 is 15.9 Å². The standard InChI is InChI=1S/C14H23BrN2O/c1-14(2,17(3)4)11-16-8-9-18-13-7-5-6-12(15)10-13/h5-7,10,16H,8-9,11H2,1-4H3. The van der Waals surface area contributed by atoms with Gasteiger partial charge in [0.05, 0.1) is 0 Å². The van der Waals surface area contributed by atoms with Gasteiger partial charge in [-0.15, -0.1) is 0 Å². The number of ether oxygens (including phenoxy) is 1. The summed E-state index contributed by atoms with van der Waals surface area (Å²) in [4.78, 5) is 2.22. The van der Waals surface area contributed by atoms with E-state index >= 15 is 0 Å². The fraction of sp³-hybridized carbons (Fsp3) is 0.571. The van der Waals surface area contributed by atoms with Gasteiger partial charge in [0.1, 0.15) is 12.4 Å². The van der Waals surface area contributed by atoms with E-state index in [0.717, 1.165) is 23.3 Å². The number of hydrogen-bond acceptors (Lipinski definition) is 3. The first kappa shape index (κ1) is 15.5. The minimum atomic E-state index is 0.162. The molecule has 0 fully saturated rings. The maximum atomic E-state index is 5.66. The van der Waals surface area contributed by atoms with E-state index in [1.54, 1.807) is 0 Å². The lowest BCUT2D eigenvalue weighted by atomic mass is 10.0. The average Bonchev–Trinajstić information content (AvgIpc) is 2.28. The van der Waals surface area contributed by atoms with Crippen LogP contribution in [-0.2, 0) is 0 Å². The smallest absolute Gasteiger partial charge is 0.120 e. The quantitative estimate of drug-likeness (QED) is 0.783. The second-order valence-electron chi connectivity index (χ2n) is 5.19. The van der Waals surface area contributed by atoms with Crippen molar-refractivity contribution >= 4 is 15.9 Å². The summed E-state index contributed by atoms with van der Waals surface area (Å²) >= 11 is 3.43. The van der Waals surface area contributed by atoms with E-state index in [2.05, 4.69) is 54.1 Å². The van der Waals surface area contributed by atoms with E-state index < -0.39 is 0 Å². The van der Waals surface area contributed by atoms with Gasteiger partial charge in [-0.1, -0.05) is 22.0 Å². The van der Waals surface area contributed by atoms with Gasteiger partial charge in [-0.25, -0.2) is 0 Å². The summed E-state index contributed by atoms with van der Waals surface area (Å²) in [5, 5.41) is 3.41. The number of nitrogens with one attached hydrogen (secondary N) is 1. The predicted molar refractivity (Wildman–Crippen MR) is 80.3 cm³/mol. The zero-order chi connectivity index (χ0) is 13.6. The van der Waals surface area contributed by atoms with Crippen molar-refractivity contribution in [3.8, 4) is 5.75 Å². The van der Waals surface area contributed by atoms with Crippen molar-refractivity contribution in [2.75, 3.05) is 33.8 Å². The zero-order valence-electron chi connectivity index (χ0n) is 11.7. The van der Waals surface area contributed by atoms with E-state index in [-0.39, 0.29) is 5.54 Å². The fourth-order valence-corrected chi connectivity index (χ4v) is 1.73. The maximum Gasteiger partial charge on any atom is 0.120 e. The predicted octanol–water partition coefficient (Wildman–Crippen LogP) is 2.76. The Balaban J connectivity index is 2.20. The number of likely N-dealkylation sites (N-methyl/N-ethyl adjacent to an activating group) is 1. The van der Waals surface area contributed by atoms with Crippen molar-refractivity contribution in [2.45, 2.75) is 19.4 Å². The number of halogens is 1. The molecular weight excluding hydrogens is 292 g/mol. The maximum absolute atomic E-state index is 5.66. The molecule has 0 aliphatic rings. The Morgan fingerprint density at radius 3 is 2.67 bits per heavy atom. The summed E-state index contributed by atoms with van der Waals surface area (Å²) in [6.45, 7) is 6.91. The number of hydrogen-bond donors (Lipinski definition) is 1. The lowest BCUT2D eigenvalue weighted by Crippen LogP contribution is -2.47. The summed E-state index contributed by atoms with van der Waals surface area (Å²) in [5.41, 5.74) is 0.162. The first-order chi connectivity index (χ1) is 8.42. The molecule has 0 atom stereocenters. The van der Waals surface area contributed by atoms with E-state index in [1.807, 2.05) is 24.3 Å². The van der Waals surface area contributed by atoms with E-state index in [0.29, 0.717) is 6.61 Å². The highest BCUT2D eigenvalue weighted by molar-refractivity contribution is 9.10. The molecular formula is C14H23BrN2O. The van der Waals surface area contributed by atoms with Gasteiger partial charge in [0.2, 0.25) is 0 Å². The van der Waals surface area contributed by atoms with E-state index in [1.165, 1.54) is 0 Å². The Hall–Kier alpha value is -0.580. The molecule has 3 nitrogen and oxygen atoms in total. The van der Waals surface area contributed by atoms with Crippen LogP contribution in [0.5, 0.6) is 5.75 Å². The number of nitrogens with zero attached hydrogens (tertiary/aromatic N) is 1. The second kappa shape index (κ2) is 7.12. The Kier molecular flexibility index (Phi) is 6.12. The highest BCUT2D eigenvalue weighted by atomic mass is 79.9. The number of rotatable bonds is 7. The molecule has 1 rings (SSSR count). The summed E-state index contributed by atoms with van der Waals surface area (Å²) in [5.74, 6) is 0.901. The molecule has 0 amide bonds. The molecule has 0 heterocycles. The van der Waals surface area contributed by atoms with Gasteiger partial charge in [0.15, 0.2) is 0 Å². The molecule has 0 saturated carbocycles. The van der Waals surface area contributed by atoms with Crippen LogP contribution in [0.2, 0.25) is 0 Å². The third-order valence-corrected chi connectivity index (χ3v) is 3.61. The van der Waals surface area contributed by atoms with Gasteiger partial charge >= 0.3 is 0 Å². The summed E-state index contributed by atoms with van der Waals surface area (Å²) in [6, 6.07) is 7.91. The lowest BCUT2D eigenvalue weighted by molar-refractivity contribution is 0.186. The Morgan fingerprint density at radius 2 is 2.06 bits per heavy atom. The van der Waals surface area contributed by atoms with Gasteiger partial charge in [0.25, 0.3) is 0 Å². The molecule has 4 heteroatoms. The molecule has 1 aromatic carbocycles. The third-order valence-electron chi connectivity index (χ3n) is 3.11. The van der Waals surface area contributed by atoms with Gasteiger partial charge in [-0.05, 0) is 46.1 Å². The van der Waals surface area contributed by atoms with Crippen LogP contribution in [0.1, 0.15) is 13.8 Å². The van der Waals surface area contributed by atoms with Crippen LogP contribution in [0, 0.1) is 0 Å². The molecule has 1 N–H and O–H groups in total. The van der Waals surface area contributed by atoms with Gasteiger partial charge < -0.3 is 15.0 Å². The van der Waals surface area contributed by atoms with Crippen molar-refractivity contribution in [3.63, 3.8) is 0 Å². The van der Waals surface area contributed by atoms with Crippen molar-refractivity contribution < 1.29 is 4.74 Å². The molecule has 0 aliphatic heterocycles. The minimum Gasteiger partial charge on any atom is -0.492 e. The molecule has 0 aromatic heterocycles. The minimum absolute atomic E-state index is 0.162. The van der Waals surface area contributed by atoms with E-state index in [4.69, 9.17) is 4.74 Å². The van der Waals surface area contributed by atoms with Crippen LogP contribution in [0.25, 0.3) is 0 Å². The molecule has 18 heavy (non-hydrogen) atoms. The van der Waals surface area contributed by atoms with Crippen LogP contribution in [-0.4, -0.2) is 44.2 Å². The van der Waals surface area contributed by atoms with Crippen LogP contribution in [0.4, 0.5) is 0 Å². The molecule has 0 unspecified atom stereocenters. The van der Waals surface area contributed by atoms with Crippen LogP contribution in [0.3, 0.4) is 0 Å². The normalized spacial score (nSPS) is 11.9. The summed E-state index contributed by atoms with van der Waals surface area (Å²) < 4.78 is 6.70. The van der Waals surface area contributed by atoms with Crippen molar-refractivity contribution in [1.82, 2.24) is 10.2 Å². The molecule has 0 aliphatic carbocycles. The highest BCUT2D eigenvalue weighted by Gasteiger charge is 2.19. The summed E-state index contributed by atoms with van der Waals surface area (Å²) in [6.07, 6.45) is 0. The van der Waals surface area contributed by atoms with E-state index in [9.17, 15) is 0 Å². The topological polar surface area (TPSA) is 24.5 Å². The summed E-state index contributed by atoms with van der Waals surface area (Å²) in [7, 11) is 4.19. The first-order valence-corrected chi connectivity index (χ1v) is 6.97. The first-order valence-electron chi connectivity index (χ1n) is 6.18. The molecule has 0 radical (unpaired) electrons. The van der Waals surface area contributed by atoms with Crippen LogP contribution in [0.15, 0.2) is 28.7 Å². The Morgan fingerprint density at radius 1 is 1.33 bits per heavy atom. The monoisotopic (exact) mass is 314 g/mol. The average molecular weight is 315 g/mol. The highest BCUT2D eigenvalue weighted by Crippen LogP contribution is 2.17. The molecule has 0 spiro atoms. The van der Waals surface area contributed by atoms with Gasteiger partial charge in [0, 0.05) is 23.1 Å². The van der Waals surface area contributed by atoms with Crippen molar-refractivity contribution in [3.05, 3.63) is 28.7 Å². The largest absolute Gasteiger partial charge is 0.492 e. The van der Waals surface area contributed by atoms with Crippen LogP contribution < -0.4 is 10.1 Å². The third kappa shape index (κ3) is 5.38. The lowest BCUT2D eigenvalue weighted by Gasteiger charge is -2.32. The van der Waals surface area contributed by atoms with Crippen molar-refractivity contribution in [2.24, 2.45) is 0 Å². The number of benzene rings is 1. The van der Waals surface area contributed by atoms with Crippen molar-refractivity contribution in [1.29, 1.82) is 0 Å². The SMILES string of the molecule is CN(C)C(C)(C)CNCCOc1cccc(Br)c1.